The van der Waals surface area contributed by atoms with Gasteiger partial charge in [-0.05, 0) is 40.3 Å². The van der Waals surface area contributed by atoms with Gasteiger partial charge in [-0.3, -0.25) is 4.79 Å². The van der Waals surface area contributed by atoms with Crippen LogP contribution in [0.2, 0.25) is 0 Å². The number of benzene rings is 1. The fourth-order valence-electron chi connectivity index (χ4n) is 4.24. The molecule has 0 saturated carbocycles. The lowest BCUT2D eigenvalue weighted by atomic mass is 9.75. The van der Waals surface area contributed by atoms with Crippen LogP contribution in [0.15, 0.2) is 18.2 Å². The Morgan fingerprint density at radius 1 is 1.00 bits per heavy atom. The average Bonchev–Trinajstić information content (AvgIpc) is 2.89. The van der Waals surface area contributed by atoms with Crippen molar-refractivity contribution in [1.82, 2.24) is 4.57 Å². The number of hydrogen-bond donors (Lipinski definition) is 0. The Morgan fingerprint density at radius 2 is 1.67 bits per heavy atom. The van der Waals surface area contributed by atoms with Gasteiger partial charge in [-0.15, -0.1) is 0 Å². The summed E-state index contributed by atoms with van der Waals surface area (Å²) in [5.74, 6) is 1.88. The maximum atomic E-state index is 12.2. The van der Waals surface area contributed by atoms with E-state index in [-0.39, 0.29) is 5.41 Å². The second-order valence-electron chi connectivity index (χ2n) is 7.51. The SMILES string of the molecule is COc1cc2c(cc1OC)Cn1c(cc3c1CC(=O)CC3(C)C)C2. The normalized spacial score (nSPS) is 17.8. The summed E-state index contributed by atoms with van der Waals surface area (Å²) in [5.41, 5.74) is 6.28. The molecule has 1 aromatic carbocycles. The molecule has 1 aromatic heterocycles. The first-order valence-electron chi connectivity index (χ1n) is 8.40. The van der Waals surface area contributed by atoms with Gasteiger partial charge in [0, 0.05) is 37.2 Å². The highest BCUT2D eigenvalue weighted by Gasteiger charge is 2.36. The van der Waals surface area contributed by atoms with Gasteiger partial charge in [-0.25, -0.2) is 0 Å². The maximum Gasteiger partial charge on any atom is 0.161 e. The summed E-state index contributed by atoms with van der Waals surface area (Å²) in [5, 5.41) is 0. The topological polar surface area (TPSA) is 40.5 Å². The fourth-order valence-corrected chi connectivity index (χ4v) is 4.24. The molecule has 2 heterocycles. The molecule has 0 unspecified atom stereocenters. The predicted octanol–water partition coefficient (Wildman–Crippen LogP) is 3.25. The zero-order valence-corrected chi connectivity index (χ0v) is 14.7. The highest BCUT2D eigenvalue weighted by molar-refractivity contribution is 5.84. The third-order valence-electron chi connectivity index (χ3n) is 5.43. The van der Waals surface area contributed by atoms with E-state index in [0.717, 1.165) is 24.5 Å². The Balaban J connectivity index is 1.82. The Kier molecular flexibility index (Phi) is 3.27. The number of ketones is 1. The summed E-state index contributed by atoms with van der Waals surface area (Å²) in [4.78, 5) is 12.2. The third-order valence-corrected chi connectivity index (χ3v) is 5.43. The summed E-state index contributed by atoms with van der Waals surface area (Å²) in [6.45, 7) is 5.14. The molecule has 0 atom stereocenters. The van der Waals surface area contributed by atoms with Gasteiger partial charge in [-0.1, -0.05) is 13.8 Å². The number of methoxy groups -OCH3 is 2. The van der Waals surface area contributed by atoms with E-state index in [1.54, 1.807) is 14.2 Å². The van der Waals surface area contributed by atoms with Crippen molar-refractivity contribution in [3.05, 3.63) is 46.3 Å². The third kappa shape index (κ3) is 2.16. The second-order valence-corrected chi connectivity index (χ2v) is 7.51. The molecule has 2 aromatic rings. The minimum Gasteiger partial charge on any atom is -0.493 e. The number of ether oxygens (including phenoxy) is 2. The standard InChI is InChI=1S/C20H23NO3/c1-20(2)10-15(22)9-17-16(20)8-14-5-12-6-18(23-3)19(24-4)7-13(12)11-21(14)17/h6-8H,5,9-11H2,1-4H3. The van der Waals surface area contributed by atoms with E-state index in [1.165, 1.54) is 28.1 Å². The molecule has 4 nitrogen and oxygen atoms in total. The Bertz CT molecular complexity index is 845. The van der Waals surface area contributed by atoms with Crippen molar-refractivity contribution in [3.8, 4) is 11.5 Å². The Hall–Kier alpha value is -2.23. The summed E-state index contributed by atoms with van der Waals surface area (Å²) in [6, 6.07) is 6.46. The zero-order chi connectivity index (χ0) is 17.1. The van der Waals surface area contributed by atoms with Crippen LogP contribution in [0, 0.1) is 0 Å². The van der Waals surface area contributed by atoms with Crippen molar-refractivity contribution in [2.75, 3.05) is 14.2 Å². The minimum atomic E-state index is -0.0728. The van der Waals surface area contributed by atoms with Crippen molar-refractivity contribution in [2.24, 2.45) is 0 Å². The molecule has 24 heavy (non-hydrogen) atoms. The predicted molar refractivity (Wildman–Crippen MR) is 92.2 cm³/mol. The van der Waals surface area contributed by atoms with Crippen molar-refractivity contribution in [2.45, 2.75) is 45.1 Å². The first kappa shape index (κ1) is 15.3. The summed E-state index contributed by atoms with van der Waals surface area (Å²) >= 11 is 0. The summed E-state index contributed by atoms with van der Waals surface area (Å²) < 4.78 is 13.2. The summed E-state index contributed by atoms with van der Waals surface area (Å²) in [6.07, 6.45) is 2.06. The minimum absolute atomic E-state index is 0.0728. The molecular formula is C20H23NO3. The largest absolute Gasteiger partial charge is 0.493 e. The van der Waals surface area contributed by atoms with Crippen LogP contribution < -0.4 is 9.47 Å². The van der Waals surface area contributed by atoms with E-state index >= 15 is 0 Å². The van der Waals surface area contributed by atoms with Crippen molar-refractivity contribution < 1.29 is 14.3 Å². The van der Waals surface area contributed by atoms with Crippen molar-refractivity contribution in [3.63, 3.8) is 0 Å². The summed E-state index contributed by atoms with van der Waals surface area (Å²) in [7, 11) is 3.33. The van der Waals surface area contributed by atoms with Gasteiger partial charge in [-0.2, -0.15) is 0 Å². The lowest BCUT2D eigenvalue weighted by Crippen LogP contribution is -2.30. The zero-order valence-electron chi connectivity index (χ0n) is 14.7. The van der Waals surface area contributed by atoms with Gasteiger partial charge < -0.3 is 14.0 Å². The van der Waals surface area contributed by atoms with Crippen LogP contribution in [0.4, 0.5) is 0 Å². The van der Waals surface area contributed by atoms with E-state index in [2.05, 4.69) is 36.6 Å². The van der Waals surface area contributed by atoms with E-state index in [4.69, 9.17) is 9.47 Å². The van der Waals surface area contributed by atoms with Gasteiger partial charge in [0.1, 0.15) is 5.78 Å². The molecule has 1 aliphatic carbocycles. The number of nitrogens with zero attached hydrogens (tertiary/aromatic N) is 1. The van der Waals surface area contributed by atoms with Crippen LogP contribution in [-0.2, 0) is 29.6 Å². The van der Waals surface area contributed by atoms with Crippen LogP contribution in [0.25, 0.3) is 0 Å². The average molecular weight is 325 g/mol. The molecule has 0 N–H and O–H groups in total. The van der Waals surface area contributed by atoms with Crippen LogP contribution >= 0.6 is 0 Å². The first-order chi connectivity index (χ1) is 11.4. The fraction of sp³-hybridized carbons (Fsp3) is 0.450. The monoisotopic (exact) mass is 325 g/mol. The van der Waals surface area contributed by atoms with Gasteiger partial charge in [0.25, 0.3) is 0 Å². The molecule has 2 aliphatic rings. The molecule has 126 valence electrons. The number of hydrogen-bond acceptors (Lipinski definition) is 3. The smallest absolute Gasteiger partial charge is 0.161 e. The number of rotatable bonds is 2. The van der Waals surface area contributed by atoms with E-state index in [0.29, 0.717) is 18.6 Å². The Labute approximate surface area is 142 Å². The van der Waals surface area contributed by atoms with Crippen LogP contribution in [-0.4, -0.2) is 24.6 Å². The van der Waals surface area contributed by atoms with Gasteiger partial charge in [0.2, 0.25) is 0 Å². The van der Waals surface area contributed by atoms with Gasteiger partial charge >= 0.3 is 0 Å². The number of fused-ring (bicyclic) bond motifs is 4. The van der Waals surface area contributed by atoms with Crippen LogP contribution in [0.5, 0.6) is 11.5 Å². The molecule has 0 spiro atoms. The van der Waals surface area contributed by atoms with Crippen LogP contribution in [0.1, 0.15) is 48.3 Å². The quantitative estimate of drug-likeness (QED) is 0.726. The second kappa shape index (κ2) is 5.13. The number of aromatic nitrogens is 1. The molecular weight excluding hydrogens is 302 g/mol. The number of carbonyl (C=O) groups is 1. The van der Waals surface area contributed by atoms with E-state index in [9.17, 15) is 4.79 Å². The van der Waals surface area contributed by atoms with E-state index in [1.807, 2.05) is 0 Å². The van der Waals surface area contributed by atoms with Crippen LogP contribution in [0.3, 0.4) is 0 Å². The molecule has 4 rings (SSSR count). The van der Waals surface area contributed by atoms with Crippen molar-refractivity contribution in [1.29, 1.82) is 0 Å². The molecule has 0 radical (unpaired) electrons. The van der Waals surface area contributed by atoms with Gasteiger partial charge in [0.05, 0.1) is 14.2 Å². The lowest BCUT2D eigenvalue weighted by Gasteiger charge is -2.30. The highest BCUT2D eigenvalue weighted by Crippen LogP contribution is 2.41. The first-order valence-corrected chi connectivity index (χ1v) is 8.40. The highest BCUT2D eigenvalue weighted by atomic mass is 16.5. The molecule has 0 bridgehead atoms. The lowest BCUT2D eigenvalue weighted by molar-refractivity contribution is -0.120. The number of Topliss-reactive ketones (excluding diaryl/α,β-unsaturated/α-hetero) is 1. The Morgan fingerprint density at radius 3 is 2.33 bits per heavy atom. The molecule has 0 fully saturated rings. The molecule has 1 aliphatic heterocycles. The van der Waals surface area contributed by atoms with Gasteiger partial charge in [0.15, 0.2) is 11.5 Å². The molecule has 0 saturated heterocycles. The van der Waals surface area contributed by atoms with Crippen molar-refractivity contribution >= 4 is 5.78 Å². The maximum absolute atomic E-state index is 12.2. The molecule has 4 heteroatoms. The number of carbonyl (C=O) groups excluding carboxylic acids is 1. The van der Waals surface area contributed by atoms with E-state index < -0.39 is 0 Å². The molecule has 0 amide bonds.